The van der Waals surface area contributed by atoms with Crippen LogP contribution in [0.2, 0.25) is 0 Å². The molecule has 1 nitrogen and oxygen atoms in total. The SMILES string of the molecule is c1ccc(-c2cc(-c3ccccc3)c(N(c3ccccc3)c3ccccc3)cc2-c2ccccc2)cc1. The Labute approximate surface area is 218 Å². The largest absolute Gasteiger partial charge is 0.310 e. The van der Waals surface area contributed by atoms with Crippen LogP contribution in [0.4, 0.5) is 17.1 Å². The predicted octanol–water partition coefficient (Wildman–Crippen LogP) is 10.2. The van der Waals surface area contributed by atoms with Crippen LogP contribution in [0.15, 0.2) is 164 Å². The second-order valence-electron chi connectivity index (χ2n) is 9.02. The molecule has 37 heavy (non-hydrogen) atoms. The van der Waals surface area contributed by atoms with Gasteiger partial charge in [0.15, 0.2) is 0 Å². The summed E-state index contributed by atoms with van der Waals surface area (Å²) >= 11 is 0. The molecule has 0 unspecified atom stereocenters. The molecule has 6 rings (SSSR count). The molecule has 0 fully saturated rings. The number of rotatable bonds is 6. The molecule has 0 bridgehead atoms. The molecule has 0 aromatic heterocycles. The van der Waals surface area contributed by atoms with E-state index in [0.29, 0.717) is 0 Å². The second-order valence-corrected chi connectivity index (χ2v) is 9.02. The van der Waals surface area contributed by atoms with Gasteiger partial charge < -0.3 is 4.90 Å². The quantitative estimate of drug-likeness (QED) is 0.233. The van der Waals surface area contributed by atoms with E-state index in [9.17, 15) is 0 Å². The van der Waals surface area contributed by atoms with Crippen LogP contribution in [0.5, 0.6) is 0 Å². The van der Waals surface area contributed by atoms with Crippen molar-refractivity contribution in [2.24, 2.45) is 0 Å². The van der Waals surface area contributed by atoms with Crippen LogP contribution in [0.25, 0.3) is 33.4 Å². The maximum atomic E-state index is 2.36. The van der Waals surface area contributed by atoms with Crippen molar-refractivity contribution in [3.8, 4) is 33.4 Å². The standard InChI is InChI=1S/C36H27N/c1-6-16-28(17-7-1)33-26-35(30-20-10-3-11-21-30)36(27-34(33)29-18-8-2-9-19-29)37(31-22-12-4-13-23-31)32-24-14-5-15-25-32/h1-27H. The fourth-order valence-electron chi connectivity index (χ4n) is 4.92. The molecule has 6 aromatic rings. The van der Waals surface area contributed by atoms with Crippen molar-refractivity contribution < 1.29 is 0 Å². The molecule has 0 N–H and O–H groups in total. The topological polar surface area (TPSA) is 3.24 Å². The third-order valence-corrected chi connectivity index (χ3v) is 6.66. The number of para-hydroxylation sites is 2. The lowest BCUT2D eigenvalue weighted by Gasteiger charge is -2.29. The highest BCUT2D eigenvalue weighted by molar-refractivity contribution is 5.96. The average molecular weight is 474 g/mol. The van der Waals surface area contributed by atoms with Crippen molar-refractivity contribution in [3.63, 3.8) is 0 Å². The van der Waals surface area contributed by atoms with Gasteiger partial charge in [0.05, 0.1) is 5.69 Å². The van der Waals surface area contributed by atoms with Crippen LogP contribution >= 0.6 is 0 Å². The lowest BCUT2D eigenvalue weighted by molar-refractivity contribution is 1.28. The summed E-state index contributed by atoms with van der Waals surface area (Å²) in [5.41, 5.74) is 10.6. The van der Waals surface area contributed by atoms with Crippen LogP contribution in [-0.4, -0.2) is 0 Å². The fourth-order valence-corrected chi connectivity index (χ4v) is 4.92. The van der Waals surface area contributed by atoms with Gasteiger partial charge in [0.1, 0.15) is 0 Å². The molecule has 0 amide bonds. The van der Waals surface area contributed by atoms with Gasteiger partial charge >= 0.3 is 0 Å². The Bertz CT molecular complexity index is 1540. The van der Waals surface area contributed by atoms with Gasteiger partial charge in [0, 0.05) is 16.9 Å². The summed E-state index contributed by atoms with van der Waals surface area (Å²) in [6, 6.07) is 58.0. The number of anilines is 3. The highest BCUT2D eigenvalue weighted by Crippen LogP contribution is 2.46. The number of benzene rings is 6. The Morgan fingerprint density at radius 1 is 0.297 bits per heavy atom. The van der Waals surface area contributed by atoms with Crippen molar-refractivity contribution in [2.45, 2.75) is 0 Å². The van der Waals surface area contributed by atoms with E-state index >= 15 is 0 Å². The van der Waals surface area contributed by atoms with Gasteiger partial charge in [-0.05, 0) is 64.2 Å². The second kappa shape index (κ2) is 10.4. The molecule has 0 saturated carbocycles. The Morgan fingerprint density at radius 3 is 1.03 bits per heavy atom. The monoisotopic (exact) mass is 473 g/mol. The van der Waals surface area contributed by atoms with E-state index < -0.39 is 0 Å². The normalized spacial score (nSPS) is 10.7. The van der Waals surface area contributed by atoms with E-state index in [-0.39, 0.29) is 0 Å². The minimum atomic E-state index is 1.12. The molecule has 0 aliphatic carbocycles. The Kier molecular flexibility index (Phi) is 6.34. The smallest absolute Gasteiger partial charge is 0.0546 e. The minimum absolute atomic E-state index is 1.12. The minimum Gasteiger partial charge on any atom is -0.310 e. The lowest BCUT2D eigenvalue weighted by atomic mass is 9.89. The summed E-state index contributed by atoms with van der Waals surface area (Å²) in [5, 5.41) is 0. The van der Waals surface area contributed by atoms with Gasteiger partial charge in [-0.25, -0.2) is 0 Å². The zero-order valence-corrected chi connectivity index (χ0v) is 20.5. The highest BCUT2D eigenvalue weighted by atomic mass is 15.1. The Balaban J connectivity index is 1.70. The van der Waals surface area contributed by atoms with E-state index in [1.54, 1.807) is 0 Å². The summed E-state index contributed by atoms with van der Waals surface area (Å²) < 4.78 is 0. The molecule has 0 aliphatic rings. The lowest BCUT2D eigenvalue weighted by Crippen LogP contribution is -2.11. The number of hydrogen-bond acceptors (Lipinski definition) is 1. The van der Waals surface area contributed by atoms with Crippen molar-refractivity contribution in [3.05, 3.63) is 164 Å². The predicted molar refractivity (Wildman–Crippen MR) is 157 cm³/mol. The van der Waals surface area contributed by atoms with Crippen molar-refractivity contribution in [1.29, 1.82) is 0 Å². The van der Waals surface area contributed by atoms with Gasteiger partial charge in [-0.2, -0.15) is 0 Å². The molecule has 0 spiro atoms. The van der Waals surface area contributed by atoms with Crippen molar-refractivity contribution >= 4 is 17.1 Å². The van der Waals surface area contributed by atoms with Crippen LogP contribution < -0.4 is 4.90 Å². The van der Waals surface area contributed by atoms with E-state index in [2.05, 4.69) is 169 Å². The average Bonchev–Trinajstić information content (AvgIpc) is 2.99. The van der Waals surface area contributed by atoms with Crippen LogP contribution in [0, 0.1) is 0 Å². The molecule has 0 aliphatic heterocycles. The molecule has 0 atom stereocenters. The summed E-state index contributed by atoms with van der Waals surface area (Å²) in [6.45, 7) is 0. The molecule has 176 valence electrons. The van der Waals surface area contributed by atoms with Crippen molar-refractivity contribution in [2.75, 3.05) is 4.90 Å². The van der Waals surface area contributed by atoms with Crippen LogP contribution in [0.1, 0.15) is 0 Å². The first-order chi connectivity index (χ1) is 18.4. The Hall–Kier alpha value is -4.88. The van der Waals surface area contributed by atoms with Crippen molar-refractivity contribution in [1.82, 2.24) is 0 Å². The molecular formula is C36H27N. The molecule has 6 aromatic carbocycles. The first kappa shape index (κ1) is 22.6. The van der Waals surface area contributed by atoms with Crippen LogP contribution in [0.3, 0.4) is 0 Å². The number of hydrogen-bond donors (Lipinski definition) is 0. The molecule has 0 saturated heterocycles. The third kappa shape index (κ3) is 4.68. The maximum absolute atomic E-state index is 2.36. The van der Waals surface area contributed by atoms with Crippen LogP contribution in [-0.2, 0) is 0 Å². The Morgan fingerprint density at radius 2 is 0.622 bits per heavy atom. The molecule has 1 heteroatoms. The first-order valence-corrected chi connectivity index (χ1v) is 12.6. The zero-order chi connectivity index (χ0) is 24.9. The van der Waals surface area contributed by atoms with E-state index in [1.807, 2.05) is 0 Å². The summed E-state index contributed by atoms with van der Waals surface area (Å²) in [5.74, 6) is 0. The van der Waals surface area contributed by atoms with Gasteiger partial charge in [-0.3, -0.25) is 0 Å². The summed E-state index contributed by atoms with van der Waals surface area (Å²) in [6.07, 6.45) is 0. The van der Waals surface area contributed by atoms with Gasteiger partial charge in [-0.15, -0.1) is 0 Å². The zero-order valence-electron chi connectivity index (χ0n) is 20.5. The summed E-state index contributed by atoms with van der Waals surface area (Å²) in [7, 11) is 0. The molecule has 0 heterocycles. The molecular weight excluding hydrogens is 446 g/mol. The fraction of sp³-hybridized carbons (Fsp3) is 0. The maximum Gasteiger partial charge on any atom is 0.0546 e. The summed E-state index contributed by atoms with van der Waals surface area (Å²) in [4.78, 5) is 2.36. The van der Waals surface area contributed by atoms with E-state index in [4.69, 9.17) is 0 Å². The number of nitrogens with zero attached hydrogens (tertiary/aromatic N) is 1. The van der Waals surface area contributed by atoms with Gasteiger partial charge in [0.2, 0.25) is 0 Å². The van der Waals surface area contributed by atoms with E-state index in [0.717, 1.165) is 17.1 Å². The first-order valence-electron chi connectivity index (χ1n) is 12.6. The van der Waals surface area contributed by atoms with Gasteiger partial charge in [-0.1, -0.05) is 127 Å². The third-order valence-electron chi connectivity index (χ3n) is 6.66. The van der Waals surface area contributed by atoms with E-state index in [1.165, 1.54) is 33.4 Å². The highest BCUT2D eigenvalue weighted by Gasteiger charge is 2.21. The van der Waals surface area contributed by atoms with Gasteiger partial charge in [0.25, 0.3) is 0 Å². The molecule has 0 radical (unpaired) electrons.